The van der Waals surface area contributed by atoms with E-state index in [-0.39, 0.29) is 17.1 Å². The molecule has 1 saturated heterocycles. The predicted octanol–water partition coefficient (Wildman–Crippen LogP) is 0.952. The molecule has 1 aromatic rings. The highest BCUT2D eigenvalue weighted by molar-refractivity contribution is 5.97. The highest BCUT2D eigenvalue weighted by Gasteiger charge is 2.39. The van der Waals surface area contributed by atoms with Crippen LogP contribution in [-0.2, 0) is 4.79 Å². The molecule has 2 rings (SSSR count). The zero-order valence-electron chi connectivity index (χ0n) is 11.7. The number of piperidine rings is 1. The van der Waals surface area contributed by atoms with E-state index in [0.717, 1.165) is 0 Å². The van der Waals surface area contributed by atoms with E-state index < -0.39 is 28.8 Å². The molecular weight excluding hydrogens is 280 g/mol. The first-order valence-electron chi connectivity index (χ1n) is 6.57. The lowest BCUT2D eigenvalue weighted by Gasteiger charge is -2.36. The van der Waals surface area contributed by atoms with Crippen molar-refractivity contribution in [1.29, 1.82) is 0 Å². The average molecular weight is 296 g/mol. The van der Waals surface area contributed by atoms with Crippen LogP contribution < -0.4 is 0 Å². The highest BCUT2D eigenvalue weighted by Crippen LogP contribution is 2.28. The zero-order valence-corrected chi connectivity index (χ0v) is 11.7. The van der Waals surface area contributed by atoms with Crippen LogP contribution in [0.25, 0.3) is 0 Å². The van der Waals surface area contributed by atoms with E-state index in [1.807, 2.05) is 0 Å². The summed E-state index contributed by atoms with van der Waals surface area (Å²) >= 11 is 0. The molecule has 2 heterocycles. The van der Waals surface area contributed by atoms with Crippen LogP contribution in [-0.4, -0.2) is 49.6 Å². The van der Waals surface area contributed by atoms with Crippen LogP contribution in [0.4, 0.5) is 5.69 Å². The Morgan fingerprint density at radius 3 is 2.76 bits per heavy atom. The molecule has 9 nitrogen and oxygen atoms in total. The molecule has 2 N–H and O–H groups in total. The van der Waals surface area contributed by atoms with Crippen molar-refractivity contribution in [2.24, 2.45) is 5.92 Å². The van der Waals surface area contributed by atoms with Gasteiger partial charge in [0.25, 0.3) is 5.91 Å². The lowest BCUT2D eigenvalue weighted by Crippen LogP contribution is -2.49. The fraction of sp³-hybridized carbons (Fsp3) is 0.583. The van der Waals surface area contributed by atoms with Crippen LogP contribution in [0.1, 0.15) is 35.9 Å². The van der Waals surface area contributed by atoms with Gasteiger partial charge < -0.3 is 10.0 Å². The number of aromatic nitrogens is 2. The number of carbonyl (C=O) groups is 2. The Labute approximate surface area is 120 Å². The number of amides is 1. The van der Waals surface area contributed by atoms with Crippen molar-refractivity contribution in [3.63, 3.8) is 0 Å². The number of nitrogens with one attached hydrogen (secondary N) is 1. The van der Waals surface area contributed by atoms with Crippen molar-refractivity contribution in [2.75, 3.05) is 6.54 Å². The summed E-state index contributed by atoms with van der Waals surface area (Å²) in [5, 5.41) is 26.3. The number of nitrogens with zero attached hydrogens (tertiary/aromatic N) is 3. The number of likely N-dealkylation sites (tertiary alicyclic amines) is 1. The summed E-state index contributed by atoms with van der Waals surface area (Å²) < 4.78 is 0. The largest absolute Gasteiger partial charge is 0.481 e. The first kappa shape index (κ1) is 14.9. The van der Waals surface area contributed by atoms with E-state index in [1.165, 1.54) is 11.8 Å². The summed E-state index contributed by atoms with van der Waals surface area (Å²) in [6, 6.07) is -0.527. The van der Waals surface area contributed by atoms with Crippen molar-refractivity contribution in [3.8, 4) is 0 Å². The van der Waals surface area contributed by atoms with Crippen LogP contribution in [0.2, 0.25) is 0 Å². The van der Waals surface area contributed by atoms with Gasteiger partial charge in [-0.25, -0.2) is 0 Å². The number of carboxylic acid groups (broad SMARTS) is 1. The van der Waals surface area contributed by atoms with Crippen molar-refractivity contribution < 1.29 is 19.6 Å². The van der Waals surface area contributed by atoms with Gasteiger partial charge in [0.05, 0.1) is 10.8 Å². The second kappa shape index (κ2) is 5.51. The fourth-order valence-corrected chi connectivity index (χ4v) is 2.69. The van der Waals surface area contributed by atoms with Gasteiger partial charge in [0.15, 0.2) is 0 Å². The summed E-state index contributed by atoms with van der Waals surface area (Å²) in [5.74, 6) is -2.24. The minimum Gasteiger partial charge on any atom is -0.481 e. The average Bonchev–Trinajstić information content (AvgIpc) is 2.80. The Morgan fingerprint density at radius 1 is 1.52 bits per heavy atom. The molecule has 1 aliphatic heterocycles. The molecule has 1 aliphatic rings. The molecule has 0 spiro atoms. The van der Waals surface area contributed by atoms with E-state index in [9.17, 15) is 19.7 Å². The number of aryl methyl sites for hydroxylation is 1. The van der Waals surface area contributed by atoms with Crippen LogP contribution >= 0.6 is 0 Å². The number of nitro groups is 1. The highest BCUT2D eigenvalue weighted by atomic mass is 16.6. The van der Waals surface area contributed by atoms with Gasteiger partial charge in [-0.05, 0) is 26.7 Å². The molecule has 0 bridgehead atoms. The molecule has 0 unspecified atom stereocenters. The van der Waals surface area contributed by atoms with Gasteiger partial charge in [0.1, 0.15) is 5.69 Å². The molecule has 1 amide bonds. The maximum absolute atomic E-state index is 12.5. The lowest BCUT2D eigenvalue weighted by atomic mass is 9.90. The standard InChI is InChI=1S/C12H16N4O5/c1-6-10(16(20)21)9(14-13-6)11(17)15-5-3-4-8(7(15)2)12(18)19/h7-8H,3-5H2,1-2H3,(H,13,14)(H,18,19)/t7-,8-/m1/s1. The third-order valence-corrected chi connectivity index (χ3v) is 3.87. The number of carbonyl (C=O) groups excluding carboxylic acids is 1. The maximum atomic E-state index is 12.5. The van der Waals surface area contributed by atoms with Crippen molar-refractivity contribution in [3.05, 3.63) is 21.5 Å². The van der Waals surface area contributed by atoms with Gasteiger partial charge in [0, 0.05) is 12.6 Å². The SMILES string of the molecule is Cc1[nH]nc(C(=O)N2CCC[C@@H](C(=O)O)[C@H]2C)c1[N+](=O)[O-]. The Kier molecular flexibility index (Phi) is 3.92. The zero-order chi connectivity index (χ0) is 15.7. The predicted molar refractivity (Wildman–Crippen MR) is 70.8 cm³/mol. The summed E-state index contributed by atoms with van der Waals surface area (Å²) in [6.45, 7) is 3.47. The number of hydrogen-bond donors (Lipinski definition) is 2. The van der Waals surface area contributed by atoms with Gasteiger partial charge in [-0.3, -0.25) is 24.8 Å². The fourth-order valence-electron chi connectivity index (χ4n) is 2.69. The van der Waals surface area contributed by atoms with Gasteiger partial charge in [-0.15, -0.1) is 0 Å². The third-order valence-electron chi connectivity index (χ3n) is 3.87. The van der Waals surface area contributed by atoms with Gasteiger partial charge in [-0.1, -0.05) is 0 Å². The quantitative estimate of drug-likeness (QED) is 0.631. The van der Waals surface area contributed by atoms with E-state index in [0.29, 0.717) is 19.4 Å². The number of aromatic amines is 1. The molecule has 21 heavy (non-hydrogen) atoms. The maximum Gasteiger partial charge on any atom is 0.322 e. The number of carboxylic acids is 1. The van der Waals surface area contributed by atoms with Crippen LogP contribution in [0.3, 0.4) is 0 Å². The van der Waals surface area contributed by atoms with E-state index >= 15 is 0 Å². The number of aliphatic carboxylic acids is 1. The Morgan fingerprint density at radius 2 is 2.19 bits per heavy atom. The first-order valence-corrected chi connectivity index (χ1v) is 6.57. The van der Waals surface area contributed by atoms with E-state index in [2.05, 4.69) is 10.2 Å². The van der Waals surface area contributed by atoms with Crippen LogP contribution in [0, 0.1) is 23.0 Å². The molecule has 0 saturated carbocycles. The monoisotopic (exact) mass is 296 g/mol. The van der Waals surface area contributed by atoms with Crippen molar-refractivity contribution in [1.82, 2.24) is 15.1 Å². The van der Waals surface area contributed by atoms with Crippen molar-refractivity contribution in [2.45, 2.75) is 32.7 Å². The molecule has 1 fully saturated rings. The summed E-state index contributed by atoms with van der Waals surface area (Å²) in [4.78, 5) is 35.4. The van der Waals surface area contributed by atoms with Crippen LogP contribution in [0.15, 0.2) is 0 Å². The molecule has 0 radical (unpaired) electrons. The summed E-state index contributed by atoms with van der Waals surface area (Å²) in [5.41, 5.74) is -0.428. The first-order chi connectivity index (χ1) is 9.84. The molecule has 2 atom stereocenters. The van der Waals surface area contributed by atoms with Crippen molar-refractivity contribution >= 4 is 17.6 Å². The number of H-pyrrole nitrogens is 1. The second-order valence-corrected chi connectivity index (χ2v) is 5.13. The van der Waals surface area contributed by atoms with Gasteiger partial charge >= 0.3 is 11.7 Å². The smallest absolute Gasteiger partial charge is 0.322 e. The molecular formula is C12H16N4O5. The Balaban J connectivity index is 2.32. The lowest BCUT2D eigenvalue weighted by molar-refractivity contribution is -0.385. The van der Waals surface area contributed by atoms with Gasteiger partial charge in [0.2, 0.25) is 5.69 Å². The second-order valence-electron chi connectivity index (χ2n) is 5.13. The molecule has 114 valence electrons. The van der Waals surface area contributed by atoms with Crippen LogP contribution in [0.5, 0.6) is 0 Å². The minimum atomic E-state index is -0.965. The summed E-state index contributed by atoms with van der Waals surface area (Å²) in [7, 11) is 0. The third kappa shape index (κ3) is 2.58. The Bertz CT molecular complexity index is 596. The molecule has 0 aliphatic carbocycles. The number of hydrogen-bond acceptors (Lipinski definition) is 5. The molecule has 9 heteroatoms. The Hall–Kier alpha value is -2.45. The van der Waals surface area contributed by atoms with Gasteiger partial charge in [-0.2, -0.15) is 5.10 Å². The minimum absolute atomic E-state index is 0.197. The van der Waals surface area contributed by atoms with E-state index in [4.69, 9.17) is 5.11 Å². The number of rotatable bonds is 3. The van der Waals surface area contributed by atoms with E-state index in [1.54, 1.807) is 6.92 Å². The molecule has 0 aromatic carbocycles. The molecule has 1 aromatic heterocycles. The summed E-state index contributed by atoms with van der Waals surface area (Å²) in [6.07, 6.45) is 1.03. The topological polar surface area (TPSA) is 129 Å². The normalized spacial score (nSPS) is 22.1.